The van der Waals surface area contributed by atoms with Gasteiger partial charge in [0.25, 0.3) is 0 Å². The summed E-state index contributed by atoms with van der Waals surface area (Å²) in [7, 11) is 0. The minimum Gasteiger partial charge on any atom is -0.458 e. The van der Waals surface area contributed by atoms with E-state index in [1.165, 1.54) is 19.3 Å². The molecule has 0 aromatic heterocycles. The van der Waals surface area contributed by atoms with E-state index in [9.17, 15) is 9.59 Å². The summed E-state index contributed by atoms with van der Waals surface area (Å²) in [6.45, 7) is 9.02. The number of carbonyl (C=O) groups excluding carboxylic acids is 2. The molecular weight excluding hydrogens is 534 g/mol. The maximum Gasteiger partial charge on any atom is 0.334 e. The molecule has 0 radical (unpaired) electrons. The highest BCUT2D eigenvalue weighted by Crippen LogP contribution is 2.83. The molecule has 0 N–H and O–H groups in total. The van der Waals surface area contributed by atoms with Crippen LogP contribution in [0.4, 0.5) is 5.69 Å². The monoisotopic (exact) mass is 573 g/mol. The van der Waals surface area contributed by atoms with Gasteiger partial charge >= 0.3 is 11.9 Å². The van der Waals surface area contributed by atoms with Gasteiger partial charge in [-0.1, -0.05) is 39.0 Å². The smallest absolute Gasteiger partial charge is 0.334 e. The largest absolute Gasteiger partial charge is 0.458 e. The molecule has 5 aliphatic heterocycles. The second-order valence-electron chi connectivity index (χ2n) is 14.3. The number of hydrogen-bond acceptors (Lipinski definition) is 8. The Hall–Kier alpha value is -2.68. The second kappa shape index (κ2) is 8.27. The van der Waals surface area contributed by atoms with E-state index in [2.05, 4.69) is 43.9 Å². The number of para-hydroxylation sites is 1. The fraction of sp³-hybridized carbons (Fsp3) is 0.647. The SMILES string of the molecule is CC(C)[C@]12O[C@H]1[C@@H]1O[C@]13[C@]1(O[C@H]1C[C@H]1C4=C(CC[C@@]13C)C(=O)OC4)[C@@H]2OC(=O)/C=C/c1ccccc1N1CCCCC1. The van der Waals surface area contributed by atoms with Crippen molar-refractivity contribution in [3.05, 3.63) is 47.1 Å². The van der Waals surface area contributed by atoms with Crippen LogP contribution in [0.25, 0.3) is 6.08 Å². The molecule has 222 valence electrons. The number of piperidine rings is 1. The molecule has 2 saturated carbocycles. The highest BCUT2D eigenvalue weighted by Gasteiger charge is 3.01. The molecule has 8 nitrogen and oxygen atoms in total. The number of epoxide rings is 3. The zero-order chi connectivity index (χ0) is 28.6. The molecule has 8 heteroatoms. The number of nitrogens with zero attached hydrogens (tertiary/aromatic N) is 1. The van der Waals surface area contributed by atoms with Crippen LogP contribution >= 0.6 is 0 Å². The zero-order valence-electron chi connectivity index (χ0n) is 24.6. The van der Waals surface area contributed by atoms with Gasteiger partial charge in [0.1, 0.15) is 30.0 Å². The first-order valence-electron chi connectivity index (χ1n) is 15.9. The summed E-state index contributed by atoms with van der Waals surface area (Å²) in [5, 5.41) is 0. The van der Waals surface area contributed by atoms with Crippen molar-refractivity contribution in [2.45, 2.75) is 101 Å². The summed E-state index contributed by atoms with van der Waals surface area (Å²) in [5.41, 5.74) is 1.93. The molecule has 0 amide bonds. The molecule has 1 aromatic carbocycles. The van der Waals surface area contributed by atoms with Crippen LogP contribution in [0.15, 0.2) is 41.5 Å². The Morgan fingerprint density at radius 1 is 1.10 bits per heavy atom. The molecule has 42 heavy (non-hydrogen) atoms. The van der Waals surface area contributed by atoms with Crippen LogP contribution in [-0.2, 0) is 33.3 Å². The maximum absolute atomic E-state index is 13.7. The van der Waals surface area contributed by atoms with Crippen molar-refractivity contribution in [2.75, 3.05) is 24.6 Å². The predicted octanol–water partition coefficient (Wildman–Crippen LogP) is 4.36. The lowest BCUT2D eigenvalue weighted by Crippen LogP contribution is -2.70. The van der Waals surface area contributed by atoms with Crippen LogP contribution in [-0.4, -0.2) is 72.9 Å². The van der Waals surface area contributed by atoms with E-state index in [0.29, 0.717) is 13.0 Å². The number of anilines is 1. The van der Waals surface area contributed by atoms with Gasteiger partial charge in [0.05, 0.1) is 6.10 Å². The number of esters is 2. The van der Waals surface area contributed by atoms with Gasteiger partial charge in [0.2, 0.25) is 0 Å². The molecule has 8 aliphatic rings. The third-order valence-corrected chi connectivity index (χ3v) is 12.3. The molecule has 6 fully saturated rings. The molecule has 0 unspecified atom stereocenters. The zero-order valence-corrected chi connectivity index (χ0v) is 24.6. The van der Waals surface area contributed by atoms with Crippen molar-refractivity contribution in [1.29, 1.82) is 0 Å². The van der Waals surface area contributed by atoms with Gasteiger partial charge < -0.3 is 28.6 Å². The molecule has 0 bridgehead atoms. The third-order valence-electron chi connectivity index (χ3n) is 12.3. The first-order chi connectivity index (χ1) is 20.3. The van der Waals surface area contributed by atoms with E-state index in [1.807, 2.05) is 12.1 Å². The van der Waals surface area contributed by atoms with E-state index in [0.717, 1.165) is 48.3 Å². The number of carbonyl (C=O) groups is 2. The number of ether oxygens (including phenoxy) is 5. The van der Waals surface area contributed by atoms with Crippen molar-refractivity contribution in [3.63, 3.8) is 0 Å². The molecule has 3 aliphatic carbocycles. The van der Waals surface area contributed by atoms with Crippen LogP contribution in [0.5, 0.6) is 0 Å². The van der Waals surface area contributed by atoms with Gasteiger partial charge in [-0.25, -0.2) is 9.59 Å². The number of rotatable bonds is 5. The van der Waals surface area contributed by atoms with E-state index in [-0.39, 0.29) is 47.5 Å². The second-order valence-corrected chi connectivity index (χ2v) is 14.3. The maximum atomic E-state index is 13.7. The third kappa shape index (κ3) is 2.94. The molecule has 9 rings (SSSR count). The minimum atomic E-state index is -0.739. The number of benzene rings is 1. The van der Waals surface area contributed by atoms with Crippen molar-refractivity contribution in [2.24, 2.45) is 17.3 Å². The number of cyclic esters (lactones) is 1. The summed E-state index contributed by atoms with van der Waals surface area (Å²) in [6, 6.07) is 8.27. The molecule has 1 aromatic rings. The average Bonchev–Trinajstić information content (AvgIpc) is 3.91. The molecular formula is C34H39NO7. The van der Waals surface area contributed by atoms with Gasteiger partial charge in [0, 0.05) is 35.8 Å². The van der Waals surface area contributed by atoms with E-state index < -0.39 is 22.9 Å². The number of fused-ring (bicyclic) bond motifs is 4. The fourth-order valence-corrected chi connectivity index (χ4v) is 10.2. The van der Waals surface area contributed by atoms with E-state index in [1.54, 1.807) is 6.08 Å². The Kier molecular flexibility index (Phi) is 5.08. The average molecular weight is 574 g/mol. The van der Waals surface area contributed by atoms with Gasteiger partial charge in [-0.2, -0.15) is 0 Å². The minimum absolute atomic E-state index is 0.0974. The van der Waals surface area contributed by atoms with Crippen LogP contribution < -0.4 is 4.90 Å². The topological polar surface area (TPSA) is 93.4 Å². The Morgan fingerprint density at radius 3 is 2.71 bits per heavy atom. The molecule has 5 heterocycles. The lowest BCUT2D eigenvalue weighted by Gasteiger charge is -2.53. The standard InChI is InChI=1S/C34H39NO7/c1-19(2)32-27(41-32)28-34(42-28)31(3)14-13-21-22(18-38-29(21)37)23(31)17-25-33(34,40-25)30(32)39-26(36)12-11-20-9-5-6-10-24(20)35-15-7-4-8-16-35/h5-6,9-12,19,23,25,27-28,30H,4,7-8,13-18H2,1-3H3/b12-11+/t23-,25-,27-,28-,30+,31-,32-,33+,34+/m0/s1. The van der Waals surface area contributed by atoms with Crippen molar-refractivity contribution in [3.8, 4) is 0 Å². The van der Waals surface area contributed by atoms with Crippen LogP contribution in [0.1, 0.15) is 64.9 Å². The Balaban J connectivity index is 1.04. The van der Waals surface area contributed by atoms with Crippen LogP contribution in [0.3, 0.4) is 0 Å². The van der Waals surface area contributed by atoms with E-state index in [4.69, 9.17) is 23.7 Å². The summed E-state index contributed by atoms with van der Waals surface area (Å²) in [6.07, 6.45) is 8.46. The summed E-state index contributed by atoms with van der Waals surface area (Å²) in [5.74, 6) is -0.278. The first-order valence-corrected chi connectivity index (χ1v) is 15.9. The van der Waals surface area contributed by atoms with Gasteiger partial charge in [-0.05, 0) is 73.6 Å². The lowest BCUT2D eigenvalue weighted by atomic mass is 9.46. The Morgan fingerprint density at radius 2 is 1.90 bits per heavy atom. The van der Waals surface area contributed by atoms with E-state index >= 15 is 0 Å². The van der Waals surface area contributed by atoms with Crippen LogP contribution in [0.2, 0.25) is 0 Å². The van der Waals surface area contributed by atoms with Crippen molar-refractivity contribution in [1.82, 2.24) is 0 Å². The van der Waals surface area contributed by atoms with Gasteiger partial charge in [0.15, 0.2) is 11.7 Å². The Labute approximate surface area is 246 Å². The summed E-state index contributed by atoms with van der Waals surface area (Å²) < 4.78 is 32.1. The summed E-state index contributed by atoms with van der Waals surface area (Å²) in [4.78, 5) is 28.5. The van der Waals surface area contributed by atoms with Crippen molar-refractivity contribution >= 4 is 23.7 Å². The first kappa shape index (κ1) is 25.8. The normalized spacial score (nSPS) is 45.8. The van der Waals surface area contributed by atoms with Gasteiger partial charge in [-0.3, -0.25) is 0 Å². The summed E-state index contributed by atoms with van der Waals surface area (Å²) >= 11 is 0. The van der Waals surface area contributed by atoms with Crippen molar-refractivity contribution < 1.29 is 33.3 Å². The fourth-order valence-electron chi connectivity index (χ4n) is 10.2. The van der Waals surface area contributed by atoms with Crippen LogP contribution in [0, 0.1) is 17.3 Å². The quantitative estimate of drug-likeness (QED) is 0.292. The molecule has 4 saturated heterocycles. The lowest BCUT2D eigenvalue weighted by molar-refractivity contribution is -0.163. The Bertz CT molecular complexity index is 1460. The molecule has 9 atom stereocenters. The number of hydrogen-bond donors (Lipinski definition) is 0. The predicted molar refractivity (Wildman–Crippen MR) is 153 cm³/mol. The highest BCUT2D eigenvalue weighted by molar-refractivity contribution is 5.92. The molecule has 2 spiro atoms. The highest BCUT2D eigenvalue weighted by atomic mass is 16.8. The van der Waals surface area contributed by atoms with Gasteiger partial charge in [-0.15, -0.1) is 0 Å².